The summed E-state index contributed by atoms with van der Waals surface area (Å²) in [5, 5.41) is 3.89. The lowest BCUT2D eigenvalue weighted by atomic mass is 9.95. The van der Waals surface area contributed by atoms with Crippen molar-refractivity contribution in [1.29, 1.82) is 0 Å². The molecule has 0 saturated carbocycles. The average Bonchev–Trinajstić information content (AvgIpc) is 3.38. The van der Waals surface area contributed by atoms with Gasteiger partial charge in [-0.2, -0.15) is 5.10 Å². The molecule has 27 heavy (non-hydrogen) atoms. The summed E-state index contributed by atoms with van der Waals surface area (Å²) in [5.41, 5.74) is 5.89. The van der Waals surface area contributed by atoms with Crippen molar-refractivity contribution in [3.05, 3.63) is 52.2 Å². The maximum absolute atomic E-state index is 13.1. The number of sulfone groups is 1. The minimum Gasteiger partial charge on any atom is -0.296 e. The smallest absolute Gasteiger partial charge is 0.183 e. The van der Waals surface area contributed by atoms with Gasteiger partial charge in [-0.1, -0.05) is 6.07 Å². The number of thiazole rings is 1. The van der Waals surface area contributed by atoms with Gasteiger partial charge in [0.05, 0.1) is 27.5 Å². The molecule has 0 amide bonds. The first-order valence-electron chi connectivity index (χ1n) is 8.91. The number of rotatable bonds is 3. The van der Waals surface area contributed by atoms with Crippen LogP contribution in [0.4, 0.5) is 0 Å². The van der Waals surface area contributed by atoms with E-state index in [0.717, 1.165) is 35.5 Å². The van der Waals surface area contributed by atoms with Crippen LogP contribution in [-0.2, 0) is 23.4 Å². The Morgan fingerprint density at radius 2 is 2.11 bits per heavy atom. The van der Waals surface area contributed by atoms with Crippen molar-refractivity contribution in [2.45, 2.75) is 29.5 Å². The molecule has 4 heterocycles. The summed E-state index contributed by atoms with van der Waals surface area (Å²) in [4.78, 5) is 8.30. The molecular weight excluding hydrogens is 380 g/mol. The first-order chi connectivity index (χ1) is 12.9. The molecule has 0 bridgehead atoms. The number of likely N-dealkylation sites (tertiary alicyclic amines) is 1. The normalized spacial score (nSPS) is 23.5. The predicted molar refractivity (Wildman–Crippen MR) is 104 cm³/mol. The number of hydrogen-bond donors (Lipinski definition) is 0. The summed E-state index contributed by atoms with van der Waals surface area (Å²) in [5.74, 6) is 0.0369. The zero-order valence-electron chi connectivity index (χ0n) is 15.2. The molecule has 8 heteroatoms. The van der Waals surface area contributed by atoms with Crippen LogP contribution in [0.5, 0.6) is 0 Å². The molecule has 1 saturated heterocycles. The highest BCUT2D eigenvalue weighted by Crippen LogP contribution is 2.46. The number of nitrogens with zero attached hydrogens (tertiary/aromatic N) is 4. The first-order valence-corrected chi connectivity index (χ1v) is 11.3. The van der Waals surface area contributed by atoms with Crippen molar-refractivity contribution in [2.24, 2.45) is 7.05 Å². The topological polar surface area (TPSA) is 68.1 Å². The first kappa shape index (κ1) is 17.1. The second-order valence-corrected chi connectivity index (χ2v) is 10.5. The molecule has 0 N–H and O–H groups in total. The van der Waals surface area contributed by atoms with E-state index in [1.807, 2.05) is 37.9 Å². The summed E-state index contributed by atoms with van der Waals surface area (Å²) < 4.78 is 27.9. The molecule has 0 unspecified atom stereocenters. The zero-order valence-corrected chi connectivity index (χ0v) is 16.8. The van der Waals surface area contributed by atoms with E-state index < -0.39 is 9.84 Å². The highest BCUT2D eigenvalue weighted by Gasteiger charge is 2.50. The van der Waals surface area contributed by atoms with E-state index in [2.05, 4.69) is 21.0 Å². The Morgan fingerprint density at radius 1 is 1.26 bits per heavy atom. The van der Waals surface area contributed by atoms with E-state index in [1.165, 1.54) is 4.88 Å². The summed E-state index contributed by atoms with van der Waals surface area (Å²) in [6.07, 6.45) is 3.77. The molecule has 2 aliphatic rings. The number of aryl methyl sites for hydroxylation is 2. The van der Waals surface area contributed by atoms with Gasteiger partial charge in [0.1, 0.15) is 0 Å². The molecule has 2 aromatic heterocycles. The molecule has 2 atom stereocenters. The number of hydrogen-bond acceptors (Lipinski definition) is 6. The summed E-state index contributed by atoms with van der Waals surface area (Å²) in [6.45, 7) is 4.14. The van der Waals surface area contributed by atoms with Crippen LogP contribution in [-0.4, -0.2) is 46.4 Å². The molecule has 0 aliphatic carbocycles. The molecule has 0 spiro atoms. The minimum absolute atomic E-state index is 0.0369. The van der Waals surface area contributed by atoms with Crippen molar-refractivity contribution in [2.75, 3.05) is 13.1 Å². The van der Waals surface area contributed by atoms with Crippen molar-refractivity contribution >= 4 is 21.2 Å². The largest absolute Gasteiger partial charge is 0.296 e. The molecule has 2 aliphatic heterocycles. The van der Waals surface area contributed by atoms with Crippen LogP contribution in [0.25, 0.3) is 11.1 Å². The Morgan fingerprint density at radius 3 is 2.81 bits per heavy atom. The van der Waals surface area contributed by atoms with E-state index in [0.29, 0.717) is 11.4 Å². The maximum atomic E-state index is 13.1. The third-order valence-corrected chi connectivity index (χ3v) is 8.89. The Bertz CT molecular complexity index is 1130. The van der Waals surface area contributed by atoms with Gasteiger partial charge < -0.3 is 0 Å². The second-order valence-electron chi connectivity index (χ2n) is 7.40. The van der Waals surface area contributed by atoms with Gasteiger partial charge in [-0.25, -0.2) is 13.4 Å². The highest BCUT2D eigenvalue weighted by atomic mass is 32.2. The van der Waals surface area contributed by atoms with Gasteiger partial charge in [-0.05, 0) is 30.2 Å². The van der Waals surface area contributed by atoms with E-state index >= 15 is 0 Å². The van der Waals surface area contributed by atoms with Crippen LogP contribution in [0.2, 0.25) is 0 Å². The van der Waals surface area contributed by atoms with Crippen molar-refractivity contribution in [1.82, 2.24) is 19.7 Å². The van der Waals surface area contributed by atoms with Gasteiger partial charge in [-0.15, -0.1) is 11.3 Å². The minimum atomic E-state index is -3.27. The Labute approximate surface area is 162 Å². The molecule has 1 aromatic carbocycles. The third-order valence-electron chi connectivity index (χ3n) is 5.71. The fraction of sp³-hybridized carbons (Fsp3) is 0.368. The van der Waals surface area contributed by atoms with Crippen molar-refractivity contribution in [3.63, 3.8) is 0 Å². The lowest BCUT2D eigenvalue weighted by molar-refractivity contribution is 0.327. The van der Waals surface area contributed by atoms with Crippen LogP contribution in [0.1, 0.15) is 22.1 Å². The lowest BCUT2D eigenvalue weighted by Gasteiger charge is -2.16. The molecular formula is C19H20N4O2S2. The van der Waals surface area contributed by atoms with Crippen molar-refractivity contribution in [3.8, 4) is 11.1 Å². The lowest BCUT2D eigenvalue weighted by Crippen LogP contribution is -2.25. The zero-order chi connectivity index (χ0) is 18.8. The van der Waals surface area contributed by atoms with Crippen LogP contribution in [0.3, 0.4) is 0 Å². The predicted octanol–water partition coefficient (Wildman–Crippen LogP) is 2.61. The quantitative estimate of drug-likeness (QED) is 0.676. The standard InChI is InChI=1S/C19H20N4O2S2/c1-12-17(26-11-20-12)9-23-8-16-15-5-13(14-6-21-22(2)7-14)3-4-18(15)27(24,25)19(16)10-23/h3-7,11,16,19H,8-10H2,1-2H3/t16-,19-/m0/s1. The number of benzene rings is 1. The van der Waals surface area contributed by atoms with Gasteiger partial charge >= 0.3 is 0 Å². The van der Waals surface area contributed by atoms with E-state index in [4.69, 9.17) is 0 Å². The fourth-order valence-corrected chi connectivity index (χ4v) is 7.30. The highest BCUT2D eigenvalue weighted by molar-refractivity contribution is 7.92. The number of fused-ring (bicyclic) bond motifs is 3. The fourth-order valence-electron chi connectivity index (χ4n) is 4.29. The van der Waals surface area contributed by atoms with E-state index in [1.54, 1.807) is 22.1 Å². The van der Waals surface area contributed by atoms with Gasteiger partial charge in [-0.3, -0.25) is 9.58 Å². The monoisotopic (exact) mass is 400 g/mol. The molecule has 3 aromatic rings. The summed E-state index contributed by atoms with van der Waals surface area (Å²) in [6, 6.07) is 5.73. The van der Waals surface area contributed by atoms with Crippen molar-refractivity contribution < 1.29 is 8.42 Å². The number of aromatic nitrogens is 3. The molecule has 140 valence electrons. The Hall–Kier alpha value is -2.03. The summed E-state index contributed by atoms with van der Waals surface area (Å²) in [7, 11) is -1.39. The van der Waals surface area contributed by atoms with E-state index in [9.17, 15) is 8.42 Å². The Kier molecular flexibility index (Phi) is 3.79. The second kappa shape index (κ2) is 5.98. The average molecular weight is 401 g/mol. The molecule has 5 rings (SSSR count). The summed E-state index contributed by atoms with van der Waals surface area (Å²) >= 11 is 1.64. The third kappa shape index (κ3) is 2.66. The van der Waals surface area contributed by atoms with Gasteiger partial charge in [0.25, 0.3) is 0 Å². The van der Waals surface area contributed by atoms with Crippen LogP contribution >= 0.6 is 11.3 Å². The Balaban J connectivity index is 1.49. The van der Waals surface area contributed by atoms with Gasteiger partial charge in [0.15, 0.2) is 9.84 Å². The molecule has 6 nitrogen and oxygen atoms in total. The molecule has 1 fully saturated rings. The van der Waals surface area contributed by atoms with Gasteiger partial charge in [0, 0.05) is 49.2 Å². The van der Waals surface area contributed by atoms with Gasteiger partial charge in [0.2, 0.25) is 0 Å². The van der Waals surface area contributed by atoms with Crippen LogP contribution < -0.4 is 0 Å². The van der Waals surface area contributed by atoms with E-state index in [-0.39, 0.29) is 11.2 Å². The van der Waals surface area contributed by atoms with Crippen LogP contribution in [0.15, 0.2) is 41.0 Å². The van der Waals surface area contributed by atoms with Crippen LogP contribution in [0, 0.1) is 6.92 Å². The maximum Gasteiger partial charge on any atom is 0.183 e. The molecule has 0 radical (unpaired) electrons. The SMILES string of the molecule is Cc1ncsc1CN1C[C@H]2c3cc(-c4cnn(C)c4)ccc3S(=O)(=O)[C@H]2C1.